The van der Waals surface area contributed by atoms with Gasteiger partial charge in [-0.25, -0.2) is 0 Å². The Morgan fingerprint density at radius 3 is 2.56 bits per heavy atom. The molecule has 0 amide bonds. The molecular weight excluding hydrogens is 465 g/mol. The maximum Gasteiger partial charge on any atom is 0.436 e. The maximum absolute atomic E-state index is 13.1. The topological polar surface area (TPSA) is 41.9 Å². The number of aryl methyl sites for hydroxylation is 1. The summed E-state index contributed by atoms with van der Waals surface area (Å²) in [7, 11) is 0. The number of thiocarbonyl (C=S) groups is 1. The van der Waals surface area contributed by atoms with Crippen LogP contribution in [0.1, 0.15) is 36.6 Å². The molecule has 1 aromatic carbocycles. The van der Waals surface area contributed by atoms with Gasteiger partial charge in [0.2, 0.25) is 0 Å². The van der Waals surface area contributed by atoms with E-state index in [9.17, 15) is 13.2 Å². The molecule has 1 heterocycles. The smallest absolute Gasteiger partial charge is 0.362 e. The van der Waals surface area contributed by atoms with Crippen molar-refractivity contribution in [3.8, 4) is 0 Å². The van der Waals surface area contributed by atoms with Gasteiger partial charge in [0.15, 0.2) is 10.8 Å². The molecule has 2 aromatic rings. The molecule has 27 heavy (non-hydrogen) atoms. The van der Waals surface area contributed by atoms with Crippen LogP contribution in [0.4, 0.5) is 18.9 Å². The molecule has 1 fully saturated rings. The number of benzene rings is 1. The summed E-state index contributed by atoms with van der Waals surface area (Å²) in [5.41, 5.74) is 0.353. The second-order valence-corrected chi connectivity index (χ2v) is 7.99. The van der Waals surface area contributed by atoms with Crippen molar-refractivity contribution in [1.29, 1.82) is 0 Å². The van der Waals surface area contributed by atoms with Gasteiger partial charge in [0, 0.05) is 29.2 Å². The second-order valence-electron chi connectivity index (χ2n) is 6.28. The minimum atomic E-state index is -4.54. The van der Waals surface area contributed by atoms with Crippen molar-refractivity contribution in [3.63, 3.8) is 0 Å². The van der Waals surface area contributed by atoms with Crippen molar-refractivity contribution in [2.24, 2.45) is 0 Å². The van der Waals surface area contributed by atoms with Gasteiger partial charge < -0.3 is 10.6 Å². The summed E-state index contributed by atoms with van der Waals surface area (Å²) >= 11 is 14.5. The summed E-state index contributed by atoms with van der Waals surface area (Å²) in [5.74, 6) is 0.0780. The zero-order valence-electron chi connectivity index (χ0n) is 14.1. The number of nitrogens with one attached hydrogen (secondary N) is 2. The fourth-order valence-corrected chi connectivity index (χ4v) is 3.57. The zero-order valence-corrected chi connectivity index (χ0v) is 17.3. The van der Waals surface area contributed by atoms with Gasteiger partial charge in [0.25, 0.3) is 0 Å². The number of anilines is 1. The highest BCUT2D eigenvalue weighted by molar-refractivity contribution is 9.10. The standard InChI is InChI=1S/C17H17BrClF3N4S/c18-11-4-6-12(7-5-11)24-16(27)23-8-1-9-26-14(10-2-3-10)13(19)15(25-26)17(20,21)22/h4-7,10H,1-3,8-9H2,(H2,23,24,27). The van der Waals surface area contributed by atoms with E-state index in [-0.39, 0.29) is 10.9 Å². The molecule has 1 saturated carbocycles. The van der Waals surface area contributed by atoms with Gasteiger partial charge >= 0.3 is 6.18 Å². The molecule has 0 radical (unpaired) electrons. The van der Waals surface area contributed by atoms with Gasteiger partial charge in [0.1, 0.15) is 0 Å². The van der Waals surface area contributed by atoms with Crippen molar-refractivity contribution in [3.05, 3.63) is 45.1 Å². The van der Waals surface area contributed by atoms with Crippen molar-refractivity contribution in [1.82, 2.24) is 15.1 Å². The first kappa shape index (κ1) is 20.4. The summed E-state index contributed by atoms with van der Waals surface area (Å²) in [6.45, 7) is 0.848. The Labute approximate surface area is 173 Å². The number of hydrogen-bond acceptors (Lipinski definition) is 2. The van der Waals surface area contributed by atoms with Crippen molar-refractivity contribution in [2.45, 2.75) is 37.9 Å². The minimum absolute atomic E-state index is 0.0780. The van der Waals surface area contributed by atoms with Gasteiger partial charge in [-0.15, -0.1) is 0 Å². The van der Waals surface area contributed by atoms with Gasteiger partial charge in [0.05, 0.1) is 10.7 Å². The lowest BCUT2D eigenvalue weighted by atomic mass is 10.2. The van der Waals surface area contributed by atoms with E-state index in [0.29, 0.717) is 30.3 Å². The first-order valence-corrected chi connectivity index (χ1v) is 9.97. The molecule has 0 spiro atoms. The number of rotatable bonds is 6. The highest BCUT2D eigenvalue weighted by Gasteiger charge is 2.41. The first-order valence-electron chi connectivity index (χ1n) is 8.39. The Hall–Kier alpha value is -1.32. The number of aromatic nitrogens is 2. The fourth-order valence-electron chi connectivity index (χ4n) is 2.69. The van der Waals surface area contributed by atoms with E-state index in [1.165, 1.54) is 4.68 Å². The molecule has 0 saturated heterocycles. The number of halogens is 5. The predicted molar refractivity (Wildman–Crippen MR) is 107 cm³/mol. The lowest BCUT2D eigenvalue weighted by Crippen LogP contribution is -2.29. The molecule has 146 valence electrons. The lowest BCUT2D eigenvalue weighted by molar-refractivity contribution is -0.141. The average Bonchev–Trinajstić information content (AvgIpc) is 3.36. The molecule has 0 bridgehead atoms. The van der Waals surface area contributed by atoms with Crippen molar-refractivity contribution >= 4 is 50.5 Å². The average molecular weight is 482 g/mol. The molecule has 1 aromatic heterocycles. The minimum Gasteiger partial charge on any atom is -0.362 e. The number of alkyl halides is 3. The van der Waals surface area contributed by atoms with Crippen LogP contribution in [0.25, 0.3) is 0 Å². The summed E-state index contributed by atoms with van der Waals surface area (Å²) < 4.78 is 41.5. The molecule has 2 N–H and O–H groups in total. The maximum atomic E-state index is 13.1. The van der Waals surface area contributed by atoms with Crippen LogP contribution < -0.4 is 10.6 Å². The monoisotopic (exact) mass is 480 g/mol. The summed E-state index contributed by atoms with van der Waals surface area (Å²) in [5, 5.41) is 10.0. The molecular formula is C17H17BrClF3N4S. The van der Waals surface area contributed by atoms with Crippen LogP contribution in [-0.2, 0) is 12.7 Å². The third-order valence-electron chi connectivity index (χ3n) is 4.10. The van der Waals surface area contributed by atoms with Gasteiger partial charge in [-0.3, -0.25) is 4.68 Å². The van der Waals surface area contributed by atoms with Gasteiger partial charge in [-0.1, -0.05) is 27.5 Å². The quantitative estimate of drug-likeness (QED) is 0.418. The van der Waals surface area contributed by atoms with E-state index in [1.54, 1.807) is 0 Å². The Bertz CT molecular complexity index is 819. The van der Waals surface area contributed by atoms with Crippen LogP contribution in [0, 0.1) is 0 Å². The van der Waals surface area contributed by atoms with Crippen LogP contribution in [0.3, 0.4) is 0 Å². The van der Waals surface area contributed by atoms with Gasteiger partial charge in [-0.05, 0) is 55.7 Å². The molecule has 0 atom stereocenters. The molecule has 1 aliphatic carbocycles. The molecule has 1 aliphatic rings. The Balaban J connectivity index is 1.53. The highest BCUT2D eigenvalue weighted by atomic mass is 79.9. The van der Waals surface area contributed by atoms with E-state index in [2.05, 4.69) is 31.7 Å². The highest BCUT2D eigenvalue weighted by Crippen LogP contribution is 2.46. The molecule has 0 aliphatic heterocycles. The Morgan fingerprint density at radius 2 is 1.96 bits per heavy atom. The van der Waals surface area contributed by atoms with Crippen LogP contribution in [0.2, 0.25) is 5.02 Å². The van der Waals surface area contributed by atoms with Crippen molar-refractivity contribution < 1.29 is 13.2 Å². The molecule has 3 rings (SSSR count). The SMILES string of the molecule is FC(F)(F)c1nn(CCCNC(=S)Nc2ccc(Br)cc2)c(C2CC2)c1Cl. The molecule has 0 unspecified atom stereocenters. The first-order chi connectivity index (χ1) is 12.8. The van der Waals surface area contributed by atoms with Gasteiger partial charge in [-0.2, -0.15) is 18.3 Å². The Kier molecular flexibility index (Phi) is 6.32. The molecule has 4 nitrogen and oxygen atoms in total. The van der Waals surface area contributed by atoms with Crippen molar-refractivity contribution in [2.75, 3.05) is 11.9 Å². The van der Waals surface area contributed by atoms with E-state index in [1.807, 2.05) is 24.3 Å². The summed E-state index contributed by atoms with van der Waals surface area (Å²) in [6, 6.07) is 7.54. The van der Waals surface area contributed by atoms with E-state index in [0.717, 1.165) is 23.0 Å². The lowest BCUT2D eigenvalue weighted by Gasteiger charge is -2.11. The normalized spacial score (nSPS) is 14.3. The third-order valence-corrected chi connectivity index (χ3v) is 5.25. The summed E-state index contributed by atoms with van der Waals surface area (Å²) in [4.78, 5) is 0. The van der Waals surface area contributed by atoms with E-state index >= 15 is 0 Å². The second kappa shape index (κ2) is 8.36. The van der Waals surface area contributed by atoms with Crippen LogP contribution >= 0.6 is 39.7 Å². The van der Waals surface area contributed by atoms with Crippen LogP contribution in [0.15, 0.2) is 28.7 Å². The zero-order chi connectivity index (χ0) is 19.6. The van der Waals surface area contributed by atoms with Crippen LogP contribution in [0.5, 0.6) is 0 Å². The predicted octanol–water partition coefficient (Wildman–Crippen LogP) is 5.57. The summed E-state index contributed by atoms with van der Waals surface area (Å²) in [6.07, 6.45) is -2.28. The number of hydrogen-bond donors (Lipinski definition) is 2. The Morgan fingerprint density at radius 1 is 1.30 bits per heavy atom. The number of nitrogens with zero attached hydrogens (tertiary/aromatic N) is 2. The third kappa shape index (κ3) is 5.36. The van der Waals surface area contributed by atoms with Crippen LogP contribution in [-0.4, -0.2) is 21.4 Å². The van der Waals surface area contributed by atoms with E-state index in [4.69, 9.17) is 23.8 Å². The molecule has 10 heteroatoms. The van der Waals surface area contributed by atoms with E-state index < -0.39 is 11.9 Å². The largest absolute Gasteiger partial charge is 0.436 e. The fraction of sp³-hybridized carbons (Fsp3) is 0.412.